The van der Waals surface area contributed by atoms with Gasteiger partial charge in [0.1, 0.15) is 17.7 Å². The van der Waals surface area contributed by atoms with Crippen LogP contribution >= 0.6 is 0 Å². The third-order valence-corrected chi connectivity index (χ3v) is 5.15. The molecule has 32 heavy (non-hydrogen) atoms. The smallest absolute Gasteiger partial charge is 0.369 e. The Bertz CT molecular complexity index is 1010. The van der Waals surface area contributed by atoms with Gasteiger partial charge in [-0.25, -0.2) is 8.78 Å². The number of carbonyl (C=O) groups excluding carboxylic acids is 2. The van der Waals surface area contributed by atoms with E-state index < -0.39 is 47.5 Å². The number of piperidine rings is 1. The number of anilines is 1. The maximum absolute atomic E-state index is 14.6. The fourth-order valence-corrected chi connectivity index (χ4v) is 3.51. The molecule has 1 fully saturated rings. The number of amides is 2. The summed E-state index contributed by atoms with van der Waals surface area (Å²) >= 11 is 0. The van der Waals surface area contributed by atoms with Gasteiger partial charge < -0.3 is 15.4 Å². The Kier molecular flexibility index (Phi) is 7.12. The molecule has 2 N–H and O–H groups in total. The lowest BCUT2D eigenvalue weighted by molar-refractivity contribution is -0.137. The summed E-state index contributed by atoms with van der Waals surface area (Å²) in [7, 11) is 0. The van der Waals surface area contributed by atoms with Crippen LogP contribution in [-0.2, 0) is 26.9 Å². The first-order chi connectivity index (χ1) is 15.1. The second-order valence-electron chi connectivity index (χ2n) is 7.39. The van der Waals surface area contributed by atoms with Crippen molar-refractivity contribution in [1.82, 2.24) is 5.32 Å². The summed E-state index contributed by atoms with van der Waals surface area (Å²) in [5.41, 5.74) is -1.14. The van der Waals surface area contributed by atoms with Crippen LogP contribution in [0.5, 0.6) is 0 Å². The molecule has 2 aromatic rings. The summed E-state index contributed by atoms with van der Waals surface area (Å²) in [6, 6.07) is 5.90. The summed E-state index contributed by atoms with van der Waals surface area (Å²) in [5, 5.41) is 4.77. The predicted octanol–water partition coefficient (Wildman–Crippen LogP) is 4.17. The lowest BCUT2D eigenvalue weighted by Gasteiger charge is -2.29. The fraction of sp³-hybridized carbons (Fsp3) is 0.364. The third kappa shape index (κ3) is 5.61. The Balaban J connectivity index is 1.69. The van der Waals surface area contributed by atoms with Crippen LogP contribution in [-0.4, -0.2) is 31.1 Å². The van der Waals surface area contributed by atoms with E-state index in [4.69, 9.17) is 4.74 Å². The number of halogens is 5. The maximum atomic E-state index is 14.6. The normalized spacial score (nSPS) is 18.9. The zero-order valence-corrected chi connectivity index (χ0v) is 17.1. The molecule has 3 rings (SSSR count). The van der Waals surface area contributed by atoms with Gasteiger partial charge in [0.2, 0.25) is 11.8 Å². The minimum Gasteiger partial charge on any atom is -0.369 e. The molecule has 0 radical (unpaired) electrons. The van der Waals surface area contributed by atoms with Crippen LogP contribution in [0.3, 0.4) is 0 Å². The van der Waals surface area contributed by atoms with E-state index in [1.54, 1.807) is 13.0 Å². The lowest BCUT2D eigenvalue weighted by atomic mass is 9.89. The molecule has 2 unspecified atom stereocenters. The molecule has 2 aromatic carbocycles. The number of hydrogen-bond donors (Lipinski definition) is 2. The topological polar surface area (TPSA) is 67.4 Å². The zero-order chi connectivity index (χ0) is 23.5. The largest absolute Gasteiger partial charge is 0.416 e. The molecule has 1 heterocycles. The van der Waals surface area contributed by atoms with Crippen molar-refractivity contribution in [2.45, 2.75) is 38.0 Å². The van der Waals surface area contributed by atoms with Crippen LogP contribution in [0.4, 0.5) is 27.6 Å². The number of alkyl halides is 3. The molecule has 2 amide bonds. The molecule has 2 atom stereocenters. The average Bonchev–Trinajstić information content (AvgIpc) is 2.72. The van der Waals surface area contributed by atoms with Gasteiger partial charge in [0.15, 0.2) is 0 Å². The van der Waals surface area contributed by atoms with Gasteiger partial charge in [-0.15, -0.1) is 0 Å². The molecule has 1 saturated heterocycles. The van der Waals surface area contributed by atoms with Gasteiger partial charge in [0, 0.05) is 19.1 Å². The molecule has 172 valence electrons. The molecule has 0 saturated carbocycles. The summed E-state index contributed by atoms with van der Waals surface area (Å²) in [6.45, 7) is 2.44. The molecule has 5 nitrogen and oxygen atoms in total. The van der Waals surface area contributed by atoms with E-state index in [1.807, 2.05) is 0 Å². The first-order valence-corrected chi connectivity index (χ1v) is 9.92. The summed E-state index contributed by atoms with van der Waals surface area (Å²) < 4.78 is 72.2. The molecule has 1 aliphatic rings. The van der Waals surface area contributed by atoms with Crippen molar-refractivity contribution in [3.63, 3.8) is 0 Å². The number of nitrogens with one attached hydrogen (secondary N) is 2. The van der Waals surface area contributed by atoms with Crippen LogP contribution in [0.2, 0.25) is 0 Å². The molecule has 10 heteroatoms. The van der Waals surface area contributed by atoms with E-state index in [2.05, 4.69) is 10.6 Å². The first kappa shape index (κ1) is 23.6. The molecule has 1 aliphatic heterocycles. The quantitative estimate of drug-likeness (QED) is 0.642. The van der Waals surface area contributed by atoms with Crippen LogP contribution in [0.25, 0.3) is 0 Å². The summed E-state index contributed by atoms with van der Waals surface area (Å²) in [5.74, 6) is -2.99. The Labute approximate surface area is 180 Å². The minimum atomic E-state index is -4.70. The summed E-state index contributed by atoms with van der Waals surface area (Å²) in [4.78, 5) is 24.0. The minimum absolute atomic E-state index is 0.000151. The second kappa shape index (κ2) is 9.64. The lowest BCUT2D eigenvalue weighted by Crippen LogP contribution is -2.45. The van der Waals surface area contributed by atoms with Crippen LogP contribution in [0.1, 0.15) is 36.0 Å². The van der Waals surface area contributed by atoms with Crippen molar-refractivity contribution < 1.29 is 36.3 Å². The van der Waals surface area contributed by atoms with E-state index in [0.29, 0.717) is 43.3 Å². The SMILES string of the molecule is CCOC1CC(c2ccc(CC(=O)Nc3cc(C(F)(F)F)ccc3F)c(F)c2)CNC1=O. The Hall–Kier alpha value is -3.01. The number of rotatable bonds is 6. The molecular weight excluding hydrogens is 435 g/mol. The van der Waals surface area contributed by atoms with Crippen molar-refractivity contribution in [2.75, 3.05) is 18.5 Å². The Morgan fingerprint density at radius 2 is 1.91 bits per heavy atom. The number of carbonyl (C=O) groups is 2. The van der Waals surface area contributed by atoms with E-state index in [1.165, 1.54) is 12.1 Å². The van der Waals surface area contributed by atoms with Gasteiger partial charge in [-0.3, -0.25) is 9.59 Å². The van der Waals surface area contributed by atoms with E-state index >= 15 is 0 Å². The van der Waals surface area contributed by atoms with Gasteiger partial charge in [-0.1, -0.05) is 12.1 Å². The van der Waals surface area contributed by atoms with Gasteiger partial charge in [-0.05, 0) is 48.7 Å². The van der Waals surface area contributed by atoms with E-state index in [9.17, 15) is 31.5 Å². The highest BCUT2D eigenvalue weighted by Gasteiger charge is 2.32. The van der Waals surface area contributed by atoms with Crippen molar-refractivity contribution in [3.8, 4) is 0 Å². The van der Waals surface area contributed by atoms with Crippen molar-refractivity contribution in [2.24, 2.45) is 0 Å². The number of benzene rings is 2. The van der Waals surface area contributed by atoms with Gasteiger partial charge in [0.05, 0.1) is 17.7 Å². The number of hydrogen-bond acceptors (Lipinski definition) is 3. The Morgan fingerprint density at radius 1 is 1.16 bits per heavy atom. The van der Waals surface area contributed by atoms with Gasteiger partial charge in [0.25, 0.3) is 0 Å². The highest BCUT2D eigenvalue weighted by atomic mass is 19.4. The molecular formula is C22H21F5N2O3. The van der Waals surface area contributed by atoms with E-state index in [-0.39, 0.29) is 17.4 Å². The monoisotopic (exact) mass is 456 g/mol. The van der Waals surface area contributed by atoms with E-state index in [0.717, 1.165) is 0 Å². The predicted molar refractivity (Wildman–Crippen MR) is 106 cm³/mol. The molecule has 0 aromatic heterocycles. The van der Waals surface area contributed by atoms with Crippen LogP contribution < -0.4 is 10.6 Å². The molecule has 0 spiro atoms. The molecule has 0 aliphatic carbocycles. The van der Waals surface area contributed by atoms with Crippen LogP contribution in [0.15, 0.2) is 36.4 Å². The zero-order valence-electron chi connectivity index (χ0n) is 17.1. The average molecular weight is 456 g/mol. The maximum Gasteiger partial charge on any atom is 0.416 e. The summed E-state index contributed by atoms with van der Waals surface area (Å²) in [6.07, 6.45) is -5.44. The van der Waals surface area contributed by atoms with Gasteiger partial charge >= 0.3 is 6.18 Å². The third-order valence-electron chi connectivity index (χ3n) is 5.15. The standard InChI is InChI=1S/C22H21F5N2O3/c1-2-32-19-8-14(11-28-21(19)31)12-3-4-13(17(24)7-12)9-20(30)29-18-10-15(22(25,26)27)5-6-16(18)23/h3-7,10,14,19H,2,8-9,11H2,1H3,(H,28,31)(H,29,30). The van der Waals surface area contributed by atoms with Gasteiger partial charge in [-0.2, -0.15) is 13.2 Å². The second-order valence-corrected chi connectivity index (χ2v) is 7.39. The Morgan fingerprint density at radius 3 is 2.56 bits per heavy atom. The van der Waals surface area contributed by atoms with Crippen LogP contribution in [0, 0.1) is 11.6 Å². The first-order valence-electron chi connectivity index (χ1n) is 9.92. The highest BCUT2D eigenvalue weighted by Crippen LogP contribution is 2.32. The van der Waals surface area contributed by atoms with Crippen molar-refractivity contribution in [3.05, 3.63) is 64.7 Å². The van der Waals surface area contributed by atoms with Crippen molar-refractivity contribution in [1.29, 1.82) is 0 Å². The fourth-order valence-electron chi connectivity index (χ4n) is 3.51. The molecule has 0 bridgehead atoms. The highest BCUT2D eigenvalue weighted by molar-refractivity contribution is 5.92. The van der Waals surface area contributed by atoms with Crippen molar-refractivity contribution >= 4 is 17.5 Å². The number of ether oxygens (including phenoxy) is 1.